The number of hydrogen-bond acceptors (Lipinski definition) is 6. The van der Waals surface area contributed by atoms with Crippen molar-refractivity contribution in [2.45, 2.75) is 329 Å². The lowest BCUT2D eigenvalue weighted by molar-refractivity contribution is -0.167. The number of unbranched alkanes of at least 4 members (excludes halogenated alkanes) is 39. The van der Waals surface area contributed by atoms with Gasteiger partial charge < -0.3 is 14.2 Å². The van der Waals surface area contributed by atoms with E-state index in [0.29, 0.717) is 19.3 Å². The number of rotatable bonds is 54. The lowest BCUT2D eigenvalue weighted by Crippen LogP contribution is -2.30. The van der Waals surface area contributed by atoms with Gasteiger partial charge in [0.15, 0.2) is 6.10 Å². The Labute approximate surface area is 411 Å². The summed E-state index contributed by atoms with van der Waals surface area (Å²) in [5.41, 5.74) is 0. The Hall–Kier alpha value is -2.11. The van der Waals surface area contributed by atoms with E-state index >= 15 is 0 Å². The Morgan fingerprint density at radius 1 is 0.318 bits per heavy atom. The SMILES string of the molecule is CC/C=C\C/C=C\CCCCCCCC(=O)OCC(COC(=O)CCCCCCCCCCCCCCCCCCCC)OC(=O)CCCCCCCCCCCCCCCCCCCC. The van der Waals surface area contributed by atoms with Crippen LogP contribution in [0.25, 0.3) is 0 Å². The summed E-state index contributed by atoms with van der Waals surface area (Å²) >= 11 is 0. The fourth-order valence-electron chi connectivity index (χ4n) is 8.84. The van der Waals surface area contributed by atoms with Crippen molar-refractivity contribution in [3.05, 3.63) is 24.3 Å². The maximum absolute atomic E-state index is 12.9. The van der Waals surface area contributed by atoms with Gasteiger partial charge in [0.05, 0.1) is 0 Å². The van der Waals surface area contributed by atoms with E-state index in [1.165, 1.54) is 199 Å². The van der Waals surface area contributed by atoms with E-state index in [-0.39, 0.29) is 31.1 Å². The number of esters is 3. The summed E-state index contributed by atoms with van der Waals surface area (Å²) in [6.45, 7) is 6.58. The van der Waals surface area contributed by atoms with Crippen molar-refractivity contribution in [3.63, 3.8) is 0 Å². The second-order valence-corrected chi connectivity index (χ2v) is 19.9. The number of ether oxygens (including phenoxy) is 3. The van der Waals surface area contributed by atoms with E-state index in [0.717, 1.165) is 83.5 Å². The van der Waals surface area contributed by atoms with Crippen LogP contribution in [0.4, 0.5) is 0 Å². The zero-order valence-electron chi connectivity index (χ0n) is 44.5. The van der Waals surface area contributed by atoms with Gasteiger partial charge in [-0.05, 0) is 44.9 Å². The zero-order valence-corrected chi connectivity index (χ0v) is 44.5. The molecule has 6 nitrogen and oxygen atoms in total. The highest BCUT2D eigenvalue weighted by atomic mass is 16.6. The summed E-state index contributed by atoms with van der Waals surface area (Å²) < 4.78 is 16.9. The largest absolute Gasteiger partial charge is 0.462 e. The molecule has 0 saturated carbocycles. The van der Waals surface area contributed by atoms with Gasteiger partial charge in [0.1, 0.15) is 13.2 Å². The summed E-state index contributed by atoms with van der Waals surface area (Å²) in [7, 11) is 0. The number of carbonyl (C=O) groups is 3. The topological polar surface area (TPSA) is 78.9 Å². The van der Waals surface area contributed by atoms with Crippen molar-refractivity contribution in [1.82, 2.24) is 0 Å². The standard InChI is InChI=1S/C60H112O6/c1-4-7-10-13-16-19-22-25-27-29-31-33-35-38-41-44-47-50-53-59(62)65-56-57(55-64-58(61)52-49-46-43-40-37-24-21-18-15-12-9-6-3)66-60(63)54-51-48-45-42-39-36-34-32-30-28-26-23-20-17-14-11-8-5-2/h9,12,18,21,57H,4-8,10-11,13-17,19-20,22-56H2,1-3H3/b12-9-,21-18-. The Kier molecular flexibility index (Phi) is 53.7. The molecule has 1 atom stereocenters. The minimum absolute atomic E-state index is 0.0701. The summed E-state index contributed by atoms with van der Waals surface area (Å²) in [5, 5.41) is 0. The van der Waals surface area contributed by atoms with E-state index < -0.39 is 6.10 Å². The highest BCUT2D eigenvalue weighted by Crippen LogP contribution is 2.17. The molecule has 0 radical (unpaired) electrons. The summed E-state index contributed by atoms with van der Waals surface area (Å²) in [6, 6.07) is 0. The summed E-state index contributed by atoms with van der Waals surface area (Å²) in [5.74, 6) is -0.863. The van der Waals surface area contributed by atoms with Crippen LogP contribution in [0.1, 0.15) is 323 Å². The van der Waals surface area contributed by atoms with Gasteiger partial charge in [0, 0.05) is 19.3 Å². The lowest BCUT2D eigenvalue weighted by atomic mass is 10.0. The highest BCUT2D eigenvalue weighted by molar-refractivity contribution is 5.71. The van der Waals surface area contributed by atoms with Crippen LogP contribution in [-0.4, -0.2) is 37.2 Å². The molecule has 0 spiro atoms. The Bertz CT molecular complexity index is 1070. The molecule has 0 aliphatic carbocycles. The first kappa shape index (κ1) is 63.9. The molecule has 0 aromatic rings. The number of hydrogen-bond donors (Lipinski definition) is 0. The predicted molar refractivity (Wildman–Crippen MR) is 284 cm³/mol. The smallest absolute Gasteiger partial charge is 0.306 e. The molecule has 0 rings (SSSR count). The Morgan fingerprint density at radius 2 is 0.591 bits per heavy atom. The van der Waals surface area contributed by atoms with E-state index in [2.05, 4.69) is 45.1 Å². The van der Waals surface area contributed by atoms with Gasteiger partial charge in [0.25, 0.3) is 0 Å². The maximum atomic E-state index is 12.9. The van der Waals surface area contributed by atoms with E-state index in [1.807, 2.05) is 0 Å². The maximum Gasteiger partial charge on any atom is 0.306 e. The molecule has 0 aliphatic heterocycles. The lowest BCUT2D eigenvalue weighted by Gasteiger charge is -2.18. The van der Waals surface area contributed by atoms with Crippen molar-refractivity contribution in [2.75, 3.05) is 13.2 Å². The molecule has 1 unspecified atom stereocenters. The molecule has 0 bridgehead atoms. The first-order valence-corrected chi connectivity index (χ1v) is 29.3. The average molecular weight is 930 g/mol. The van der Waals surface area contributed by atoms with Gasteiger partial charge in [-0.3, -0.25) is 14.4 Å². The predicted octanol–water partition coefficient (Wildman–Crippen LogP) is 19.5. The molecule has 0 fully saturated rings. The van der Waals surface area contributed by atoms with Crippen LogP contribution >= 0.6 is 0 Å². The third kappa shape index (κ3) is 52.9. The summed E-state index contributed by atoms with van der Waals surface area (Å²) in [6.07, 6.45) is 64.6. The minimum Gasteiger partial charge on any atom is -0.462 e. The molecule has 0 heterocycles. The average Bonchev–Trinajstić information content (AvgIpc) is 3.31. The van der Waals surface area contributed by atoms with Crippen molar-refractivity contribution in [3.8, 4) is 0 Å². The Balaban J connectivity index is 4.28. The van der Waals surface area contributed by atoms with Gasteiger partial charge >= 0.3 is 17.9 Å². The molecular formula is C60H112O6. The number of carbonyl (C=O) groups excluding carboxylic acids is 3. The zero-order chi connectivity index (χ0) is 47.9. The van der Waals surface area contributed by atoms with Gasteiger partial charge in [-0.25, -0.2) is 0 Å². The molecule has 0 aromatic carbocycles. The van der Waals surface area contributed by atoms with Gasteiger partial charge in [-0.15, -0.1) is 0 Å². The monoisotopic (exact) mass is 929 g/mol. The third-order valence-corrected chi connectivity index (χ3v) is 13.2. The molecule has 66 heavy (non-hydrogen) atoms. The van der Waals surface area contributed by atoms with E-state index in [1.54, 1.807) is 0 Å². The first-order valence-electron chi connectivity index (χ1n) is 29.3. The van der Waals surface area contributed by atoms with Crippen molar-refractivity contribution in [2.24, 2.45) is 0 Å². The summed E-state index contributed by atoms with van der Waals surface area (Å²) in [4.78, 5) is 38.1. The van der Waals surface area contributed by atoms with Gasteiger partial charge in [-0.2, -0.15) is 0 Å². The second kappa shape index (κ2) is 55.5. The van der Waals surface area contributed by atoms with Crippen LogP contribution in [-0.2, 0) is 28.6 Å². The minimum atomic E-state index is -0.771. The Morgan fingerprint density at radius 3 is 0.909 bits per heavy atom. The molecule has 388 valence electrons. The van der Waals surface area contributed by atoms with Crippen LogP contribution < -0.4 is 0 Å². The fourth-order valence-corrected chi connectivity index (χ4v) is 8.84. The fraction of sp³-hybridized carbons (Fsp3) is 0.883. The van der Waals surface area contributed by atoms with Crippen LogP contribution in [0.15, 0.2) is 24.3 Å². The molecule has 0 amide bonds. The quantitative estimate of drug-likeness (QED) is 0.0262. The molecular weight excluding hydrogens is 817 g/mol. The third-order valence-electron chi connectivity index (χ3n) is 13.2. The highest BCUT2D eigenvalue weighted by Gasteiger charge is 2.19. The van der Waals surface area contributed by atoms with Crippen LogP contribution in [0.2, 0.25) is 0 Å². The normalized spacial score (nSPS) is 12.1. The number of allylic oxidation sites excluding steroid dienone is 4. The van der Waals surface area contributed by atoms with Gasteiger partial charge in [-0.1, -0.05) is 283 Å². The molecule has 0 N–H and O–H groups in total. The van der Waals surface area contributed by atoms with Crippen LogP contribution in [0.5, 0.6) is 0 Å². The first-order chi connectivity index (χ1) is 32.5. The molecule has 0 saturated heterocycles. The van der Waals surface area contributed by atoms with Crippen LogP contribution in [0, 0.1) is 0 Å². The molecule has 0 aliphatic rings. The van der Waals surface area contributed by atoms with Crippen molar-refractivity contribution in [1.29, 1.82) is 0 Å². The van der Waals surface area contributed by atoms with Crippen LogP contribution in [0.3, 0.4) is 0 Å². The van der Waals surface area contributed by atoms with Crippen molar-refractivity contribution < 1.29 is 28.6 Å². The van der Waals surface area contributed by atoms with E-state index in [9.17, 15) is 14.4 Å². The second-order valence-electron chi connectivity index (χ2n) is 19.9. The van der Waals surface area contributed by atoms with E-state index in [4.69, 9.17) is 14.2 Å². The van der Waals surface area contributed by atoms with Crippen molar-refractivity contribution >= 4 is 17.9 Å². The molecule has 6 heteroatoms. The molecule has 0 aromatic heterocycles. The van der Waals surface area contributed by atoms with Gasteiger partial charge in [0.2, 0.25) is 0 Å².